The van der Waals surface area contributed by atoms with Crippen LogP contribution in [0.1, 0.15) is 18.9 Å². The van der Waals surface area contributed by atoms with E-state index in [9.17, 15) is 25.2 Å². The summed E-state index contributed by atoms with van der Waals surface area (Å²) in [6.45, 7) is 0.904. The number of Topliss-reactive ketones (excluding diaryl/α,β-unsaturated/α-hetero) is 1. The topological polar surface area (TPSA) is 137 Å². The fourth-order valence-electron chi connectivity index (χ4n) is 2.42. The molecule has 1 aromatic carbocycles. The van der Waals surface area contributed by atoms with Gasteiger partial charge in [0.1, 0.15) is 30.2 Å². The number of rotatable bonds is 6. The Kier molecular flexibility index (Phi) is 6.14. The third-order valence-electron chi connectivity index (χ3n) is 3.88. The molecule has 5 atom stereocenters. The largest absolute Gasteiger partial charge is 0.504 e. The minimum Gasteiger partial charge on any atom is -0.504 e. The molecule has 0 unspecified atom stereocenters. The highest BCUT2D eigenvalue weighted by molar-refractivity contribution is 5.75. The van der Waals surface area contributed by atoms with E-state index in [1.165, 1.54) is 19.1 Å². The molecule has 0 radical (unpaired) electrons. The molecule has 0 saturated carbocycles. The first kappa shape index (κ1) is 18.6. The number of ether oxygens (including phenoxy) is 2. The van der Waals surface area contributed by atoms with Crippen LogP contribution in [-0.4, -0.2) is 68.6 Å². The highest BCUT2D eigenvalue weighted by Gasteiger charge is 2.44. The second kappa shape index (κ2) is 7.91. The van der Waals surface area contributed by atoms with Gasteiger partial charge in [-0.2, -0.15) is 0 Å². The zero-order valence-corrected chi connectivity index (χ0v) is 13.2. The van der Waals surface area contributed by atoms with Crippen molar-refractivity contribution in [1.29, 1.82) is 0 Å². The van der Waals surface area contributed by atoms with Crippen LogP contribution in [0.5, 0.6) is 11.5 Å². The quantitative estimate of drug-likeness (QED) is 0.448. The predicted octanol–water partition coefficient (Wildman–Crippen LogP) is -0.908. The summed E-state index contributed by atoms with van der Waals surface area (Å²) in [5, 5.41) is 48.5. The molecule has 24 heavy (non-hydrogen) atoms. The van der Waals surface area contributed by atoms with Crippen LogP contribution < -0.4 is 4.74 Å². The van der Waals surface area contributed by atoms with E-state index in [0.29, 0.717) is 12.8 Å². The van der Waals surface area contributed by atoms with E-state index in [4.69, 9.17) is 14.6 Å². The molecule has 0 amide bonds. The number of ketones is 1. The first-order chi connectivity index (χ1) is 11.3. The Balaban J connectivity index is 2.14. The van der Waals surface area contributed by atoms with Gasteiger partial charge in [-0.3, -0.25) is 0 Å². The first-order valence-electron chi connectivity index (χ1n) is 7.62. The molecule has 0 aliphatic carbocycles. The van der Waals surface area contributed by atoms with Gasteiger partial charge < -0.3 is 39.8 Å². The number of phenolic OH excluding ortho intramolecular Hbond substituents is 1. The van der Waals surface area contributed by atoms with Crippen LogP contribution in [0.25, 0.3) is 0 Å². The van der Waals surface area contributed by atoms with Crippen LogP contribution >= 0.6 is 0 Å². The molecule has 0 aromatic heterocycles. The van der Waals surface area contributed by atoms with Gasteiger partial charge in [-0.25, -0.2) is 0 Å². The Morgan fingerprint density at radius 1 is 1.21 bits per heavy atom. The molecule has 1 saturated heterocycles. The van der Waals surface area contributed by atoms with E-state index in [1.807, 2.05) is 0 Å². The van der Waals surface area contributed by atoms with E-state index >= 15 is 0 Å². The average molecular weight is 342 g/mol. The summed E-state index contributed by atoms with van der Waals surface area (Å²) in [5.74, 6) is -0.182. The molecule has 1 fully saturated rings. The van der Waals surface area contributed by atoms with Crippen LogP contribution in [0.2, 0.25) is 0 Å². The molecule has 1 heterocycles. The van der Waals surface area contributed by atoms with Crippen LogP contribution in [0.15, 0.2) is 18.2 Å². The fourth-order valence-corrected chi connectivity index (χ4v) is 2.42. The maximum atomic E-state index is 11.1. The Morgan fingerprint density at radius 2 is 1.92 bits per heavy atom. The zero-order chi connectivity index (χ0) is 17.9. The highest BCUT2D eigenvalue weighted by Crippen LogP contribution is 2.31. The van der Waals surface area contributed by atoms with E-state index in [2.05, 4.69) is 0 Å². The predicted molar refractivity (Wildman–Crippen MR) is 81.5 cm³/mol. The van der Waals surface area contributed by atoms with E-state index in [0.717, 1.165) is 5.56 Å². The summed E-state index contributed by atoms with van der Waals surface area (Å²) in [4.78, 5) is 11.1. The molecule has 1 aliphatic rings. The summed E-state index contributed by atoms with van der Waals surface area (Å²) in [6, 6.07) is 4.52. The number of aryl methyl sites for hydroxylation is 1. The number of hydrogen-bond acceptors (Lipinski definition) is 8. The lowest BCUT2D eigenvalue weighted by molar-refractivity contribution is -0.277. The van der Waals surface area contributed by atoms with Gasteiger partial charge in [0.05, 0.1) is 6.61 Å². The van der Waals surface area contributed by atoms with Gasteiger partial charge in [-0.1, -0.05) is 6.07 Å². The van der Waals surface area contributed by atoms with Crippen LogP contribution in [0, 0.1) is 0 Å². The lowest BCUT2D eigenvalue weighted by Crippen LogP contribution is -2.60. The minimum atomic E-state index is -1.57. The number of carbonyl (C=O) groups is 1. The molecular formula is C16H22O8. The Hall–Kier alpha value is -1.71. The average Bonchev–Trinajstić information content (AvgIpc) is 2.55. The molecular weight excluding hydrogens is 320 g/mol. The molecule has 2 rings (SSSR count). The van der Waals surface area contributed by atoms with E-state index in [1.54, 1.807) is 6.07 Å². The van der Waals surface area contributed by atoms with Gasteiger partial charge in [-0.15, -0.1) is 0 Å². The van der Waals surface area contributed by atoms with Gasteiger partial charge in [0, 0.05) is 6.42 Å². The Morgan fingerprint density at radius 3 is 2.54 bits per heavy atom. The molecule has 8 nitrogen and oxygen atoms in total. The van der Waals surface area contributed by atoms with Gasteiger partial charge in [-0.05, 0) is 31.0 Å². The Bertz CT molecular complexity index is 573. The molecule has 0 spiro atoms. The third kappa shape index (κ3) is 4.22. The van der Waals surface area contributed by atoms with Crippen molar-refractivity contribution in [2.24, 2.45) is 0 Å². The number of hydrogen-bond donors (Lipinski definition) is 5. The summed E-state index contributed by atoms with van der Waals surface area (Å²) in [6.07, 6.45) is -6.30. The minimum absolute atomic E-state index is 0.000353. The van der Waals surface area contributed by atoms with Crippen molar-refractivity contribution >= 4 is 5.78 Å². The number of phenols is 1. The zero-order valence-electron chi connectivity index (χ0n) is 13.2. The van der Waals surface area contributed by atoms with Crippen LogP contribution in [0.3, 0.4) is 0 Å². The van der Waals surface area contributed by atoms with Crippen molar-refractivity contribution in [3.8, 4) is 11.5 Å². The third-order valence-corrected chi connectivity index (χ3v) is 3.88. The normalized spacial score (nSPS) is 30.1. The number of carbonyl (C=O) groups excluding carboxylic acids is 1. The lowest BCUT2D eigenvalue weighted by Gasteiger charge is -2.39. The second-order valence-corrected chi connectivity index (χ2v) is 5.82. The maximum Gasteiger partial charge on any atom is 0.229 e. The molecule has 5 N–H and O–H groups in total. The number of benzene rings is 1. The van der Waals surface area contributed by atoms with Crippen molar-refractivity contribution in [2.45, 2.75) is 50.5 Å². The first-order valence-corrected chi connectivity index (χ1v) is 7.62. The SMILES string of the molecule is CC(=O)CCc1ccc(O)c(O[C@@H]2O[C@H](CO)[C@@H](O)[C@H](O)[C@H]2O)c1. The van der Waals surface area contributed by atoms with Crippen LogP contribution in [-0.2, 0) is 16.0 Å². The van der Waals surface area contributed by atoms with Gasteiger partial charge in [0.2, 0.25) is 6.29 Å². The van der Waals surface area contributed by atoms with Crippen molar-refractivity contribution < 1.29 is 39.8 Å². The summed E-state index contributed by atoms with van der Waals surface area (Å²) >= 11 is 0. The summed E-state index contributed by atoms with van der Waals surface area (Å²) in [5.41, 5.74) is 0.739. The summed E-state index contributed by atoms with van der Waals surface area (Å²) < 4.78 is 10.6. The van der Waals surface area contributed by atoms with Gasteiger partial charge in [0.15, 0.2) is 11.5 Å². The Labute approximate surface area is 138 Å². The lowest BCUT2D eigenvalue weighted by atomic mass is 9.99. The maximum absolute atomic E-state index is 11.1. The van der Waals surface area contributed by atoms with E-state index in [-0.39, 0.29) is 17.3 Å². The molecule has 8 heteroatoms. The monoisotopic (exact) mass is 342 g/mol. The van der Waals surface area contributed by atoms with Gasteiger partial charge in [0.25, 0.3) is 0 Å². The number of aliphatic hydroxyl groups is 4. The highest BCUT2D eigenvalue weighted by atomic mass is 16.7. The van der Waals surface area contributed by atoms with Crippen molar-refractivity contribution in [3.63, 3.8) is 0 Å². The van der Waals surface area contributed by atoms with Crippen LogP contribution in [0.4, 0.5) is 0 Å². The number of aromatic hydroxyl groups is 1. The standard InChI is InChI=1S/C16H22O8/c1-8(18)2-3-9-4-5-10(19)11(6-9)23-16-15(22)14(21)13(20)12(7-17)24-16/h4-6,12-17,19-22H,2-3,7H2,1H3/t12-,13-,14+,15-,16-/m1/s1. The fraction of sp³-hybridized carbons (Fsp3) is 0.562. The molecule has 134 valence electrons. The van der Waals surface area contributed by atoms with Crippen molar-refractivity contribution in [1.82, 2.24) is 0 Å². The summed E-state index contributed by atoms with van der Waals surface area (Å²) in [7, 11) is 0. The molecule has 1 aliphatic heterocycles. The molecule has 1 aromatic rings. The second-order valence-electron chi connectivity index (χ2n) is 5.82. The van der Waals surface area contributed by atoms with Crippen molar-refractivity contribution in [3.05, 3.63) is 23.8 Å². The number of aliphatic hydroxyl groups excluding tert-OH is 4. The molecule has 0 bridgehead atoms. The van der Waals surface area contributed by atoms with Gasteiger partial charge >= 0.3 is 0 Å². The smallest absolute Gasteiger partial charge is 0.229 e. The van der Waals surface area contributed by atoms with E-state index < -0.39 is 37.3 Å². The van der Waals surface area contributed by atoms with Crippen molar-refractivity contribution in [2.75, 3.05) is 6.61 Å².